The Balaban J connectivity index is 1.42. The number of amides is 1. The third-order valence-corrected chi connectivity index (χ3v) is 8.13. The van der Waals surface area contributed by atoms with Crippen LogP contribution < -0.4 is 4.74 Å². The number of carbonyl (C=O) groups is 1. The number of piperazine rings is 1. The van der Waals surface area contributed by atoms with E-state index < -0.39 is 10.0 Å². The average Bonchev–Trinajstić information content (AvgIpc) is 3.20. The van der Waals surface area contributed by atoms with Gasteiger partial charge < -0.3 is 19.4 Å². The molecule has 188 valence electrons. The number of benzene rings is 1. The van der Waals surface area contributed by atoms with Gasteiger partial charge in [0.2, 0.25) is 15.9 Å². The monoisotopic (exact) mass is 493 g/mol. The number of rotatable bonds is 10. The number of aromatic amines is 1. The second-order valence-electron chi connectivity index (χ2n) is 8.64. The van der Waals surface area contributed by atoms with E-state index >= 15 is 0 Å². The van der Waals surface area contributed by atoms with Gasteiger partial charge in [-0.25, -0.2) is 13.4 Å². The van der Waals surface area contributed by atoms with Crippen LogP contribution in [-0.2, 0) is 26.1 Å². The number of likely N-dealkylation sites (N-methyl/N-ethyl adjacent to an activating group) is 1. The van der Waals surface area contributed by atoms with E-state index in [1.165, 1.54) is 11.4 Å². The molecule has 2 aromatic rings. The summed E-state index contributed by atoms with van der Waals surface area (Å²) < 4.78 is 38.1. The second kappa shape index (κ2) is 11.3. The highest BCUT2D eigenvalue weighted by Crippen LogP contribution is 2.27. The van der Waals surface area contributed by atoms with E-state index in [-0.39, 0.29) is 30.6 Å². The lowest BCUT2D eigenvalue weighted by Crippen LogP contribution is -2.49. The van der Waals surface area contributed by atoms with Gasteiger partial charge in [0.1, 0.15) is 18.2 Å². The minimum Gasteiger partial charge on any atom is -0.497 e. The molecule has 0 atom stereocenters. The number of nitrogens with one attached hydrogen (secondary N) is 1. The lowest BCUT2D eigenvalue weighted by atomic mass is 10.1. The summed E-state index contributed by atoms with van der Waals surface area (Å²) >= 11 is 0. The fourth-order valence-corrected chi connectivity index (χ4v) is 5.63. The van der Waals surface area contributed by atoms with Crippen molar-refractivity contribution in [2.45, 2.75) is 32.2 Å². The molecular formula is C23H35N5O5S. The quantitative estimate of drug-likeness (QED) is 0.498. The smallest absolute Gasteiger partial charge is 0.248 e. The van der Waals surface area contributed by atoms with Crippen molar-refractivity contribution < 1.29 is 22.7 Å². The zero-order valence-electron chi connectivity index (χ0n) is 20.6. The Morgan fingerprint density at radius 3 is 2.35 bits per heavy atom. The summed E-state index contributed by atoms with van der Waals surface area (Å²) in [7, 11) is -0.620. The highest BCUT2D eigenvalue weighted by molar-refractivity contribution is 7.89. The summed E-state index contributed by atoms with van der Waals surface area (Å²) in [5.41, 5.74) is 2.29. The first-order chi connectivity index (χ1) is 16.1. The van der Waals surface area contributed by atoms with E-state index in [0.717, 1.165) is 31.2 Å². The molecule has 3 rings (SSSR count). The van der Waals surface area contributed by atoms with Gasteiger partial charge in [0.25, 0.3) is 0 Å². The van der Waals surface area contributed by atoms with Gasteiger partial charge >= 0.3 is 0 Å². The third-order valence-electron chi connectivity index (χ3n) is 5.97. The molecule has 0 bridgehead atoms. The molecule has 11 heteroatoms. The van der Waals surface area contributed by atoms with Crippen LogP contribution >= 0.6 is 0 Å². The molecule has 0 saturated carbocycles. The summed E-state index contributed by atoms with van der Waals surface area (Å²) in [5, 5.41) is 0. The molecule has 1 fully saturated rings. The van der Waals surface area contributed by atoms with Crippen molar-refractivity contribution in [3.63, 3.8) is 0 Å². The van der Waals surface area contributed by atoms with Crippen molar-refractivity contribution in [2.75, 3.05) is 60.1 Å². The minimum atomic E-state index is -3.69. The van der Waals surface area contributed by atoms with Crippen LogP contribution in [0.4, 0.5) is 0 Å². The first kappa shape index (κ1) is 26.1. The largest absolute Gasteiger partial charge is 0.497 e. The summed E-state index contributed by atoms with van der Waals surface area (Å²) in [5.74, 6) is 1.47. The van der Waals surface area contributed by atoms with Gasteiger partial charge in [-0.15, -0.1) is 0 Å². The van der Waals surface area contributed by atoms with Crippen LogP contribution in [0.3, 0.4) is 0 Å². The Morgan fingerprint density at radius 2 is 1.79 bits per heavy atom. The van der Waals surface area contributed by atoms with Crippen LogP contribution in [0.5, 0.6) is 5.75 Å². The first-order valence-corrected chi connectivity index (χ1v) is 12.8. The molecule has 0 aliphatic carbocycles. The first-order valence-electron chi connectivity index (χ1n) is 11.3. The molecule has 34 heavy (non-hydrogen) atoms. The summed E-state index contributed by atoms with van der Waals surface area (Å²) in [6.45, 7) is 9.23. The molecule has 0 radical (unpaired) electrons. The predicted molar refractivity (Wildman–Crippen MR) is 128 cm³/mol. The molecule has 0 spiro atoms. The number of sulfonamides is 1. The molecule has 1 saturated heterocycles. The number of ether oxygens (including phenoxy) is 2. The zero-order chi connectivity index (χ0) is 24.9. The number of hydrogen-bond acceptors (Lipinski definition) is 7. The van der Waals surface area contributed by atoms with Gasteiger partial charge in [-0.3, -0.25) is 9.69 Å². The fourth-order valence-electron chi connectivity index (χ4n) is 4.07. The number of nitrogens with zero attached hydrogens (tertiary/aromatic N) is 4. The summed E-state index contributed by atoms with van der Waals surface area (Å²) in [6.07, 6.45) is 1.81. The van der Waals surface area contributed by atoms with E-state index in [4.69, 9.17) is 9.47 Å². The Labute approximate surface area is 201 Å². The van der Waals surface area contributed by atoms with Gasteiger partial charge in [-0.2, -0.15) is 4.31 Å². The minimum absolute atomic E-state index is 0.0636. The summed E-state index contributed by atoms with van der Waals surface area (Å²) in [4.78, 5) is 24.4. The molecule has 2 heterocycles. The maximum atomic E-state index is 13.1. The van der Waals surface area contributed by atoms with E-state index in [2.05, 4.69) is 14.9 Å². The fraction of sp³-hybridized carbons (Fsp3) is 0.565. The maximum absolute atomic E-state index is 13.1. The highest BCUT2D eigenvalue weighted by Gasteiger charge is 2.26. The average molecular weight is 494 g/mol. The van der Waals surface area contributed by atoms with E-state index in [0.29, 0.717) is 30.0 Å². The van der Waals surface area contributed by atoms with Crippen molar-refractivity contribution in [3.05, 3.63) is 41.0 Å². The predicted octanol–water partition coefficient (Wildman–Crippen LogP) is 1.33. The van der Waals surface area contributed by atoms with Crippen molar-refractivity contribution in [1.29, 1.82) is 0 Å². The van der Waals surface area contributed by atoms with Crippen molar-refractivity contribution in [1.82, 2.24) is 24.1 Å². The molecule has 1 aromatic heterocycles. The molecule has 1 aliphatic heterocycles. The van der Waals surface area contributed by atoms with E-state index in [1.54, 1.807) is 38.0 Å². The second-order valence-corrected chi connectivity index (χ2v) is 10.6. The molecule has 1 aliphatic rings. The zero-order valence-corrected chi connectivity index (χ0v) is 21.4. The molecule has 10 nitrogen and oxygen atoms in total. The van der Waals surface area contributed by atoms with Crippen LogP contribution in [0.2, 0.25) is 0 Å². The van der Waals surface area contributed by atoms with Crippen molar-refractivity contribution >= 4 is 15.9 Å². The van der Waals surface area contributed by atoms with E-state index in [1.807, 2.05) is 13.1 Å². The van der Waals surface area contributed by atoms with Gasteiger partial charge in [0.15, 0.2) is 0 Å². The summed E-state index contributed by atoms with van der Waals surface area (Å²) in [6, 6.07) is 3.41. The molecule has 1 N–H and O–H groups in total. The Hall–Kier alpha value is -2.47. The number of H-pyrrole nitrogens is 1. The topological polar surface area (TPSA) is 108 Å². The highest BCUT2D eigenvalue weighted by atomic mass is 32.2. The third kappa shape index (κ3) is 6.35. The lowest BCUT2D eigenvalue weighted by molar-refractivity contribution is -0.138. The molecule has 0 unspecified atom stereocenters. The van der Waals surface area contributed by atoms with Crippen LogP contribution in [0.15, 0.2) is 23.2 Å². The van der Waals surface area contributed by atoms with Crippen LogP contribution in [0.1, 0.15) is 22.6 Å². The Bertz CT molecular complexity index is 1070. The number of aromatic nitrogens is 2. The number of aryl methyl sites for hydroxylation is 3. The molecular weight excluding hydrogens is 458 g/mol. The number of methoxy groups -OCH3 is 1. The van der Waals surface area contributed by atoms with Crippen molar-refractivity contribution in [2.24, 2.45) is 0 Å². The molecule has 1 amide bonds. The normalized spacial score (nSPS) is 15.2. The Morgan fingerprint density at radius 1 is 1.15 bits per heavy atom. The Kier molecular flexibility index (Phi) is 8.69. The molecule has 1 aromatic carbocycles. The number of hydrogen-bond donors (Lipinski definition) is 1. The number of carbonyl (C=O) groups excluding carboxylic acids is 1. The van der Waals surface area contributed by atoms with Crippen molar-refractivity contribution in [3.8, 4) is 5.75 Å². The van der Waals surface area contributed by atoms with Gasteiger partial charge in [-0.05, 0) is 44.0 Å². The van der Waals surface area contributed by atoms with Crippen LogP contribution in [-0.4, -0.2) is 98.5 Å². The SMILES string of the molecule is COc1cc(C)c(S(=O)(=O)N(C)CCOCC(=O)N2CCN(Cc3ncc(C)[nH]3)CC2)c(C)c1. The van der Waals surface area contributed by atoms with E-state index in [9.17, 15) is 13.2 Å². The van der Waals surface area contributed by atoms with Gasteiger partial charge in [0, 0.05) is 51.7 Å². The van der Waals surface area contributed by atoms with Crippen LogP contribution in [0, 0.1) is 20.8 Å². The van der Waals surface area contributed by atoms with Crippen LogP contribution in [0.25, 0.3) is 0 Å². The van der Waals surface area contributed by atoms with Gasteiger partial charge in [-0.1, -0.05) is 0 Å². The maximum Gasteiger partial charge on any atom is 0.248 e. The number of imidazole rings is 1. The lowest BCUT2D eigenvalue weighted by Gasteiger charge is -2.34. The standard InChI is InChI=1S/C23H35N5O5S/c1-17-12-20(32-5)13-18(2)23(17)34(30,31)26(4)10-11-33-16-22(29)28-8-6-27(7-9-28)15-21-24-14-19(3)25-21/h12-14H,6-11,15-16H2,1-5H3,(H,24,25). The van der Waals surface area contributed by atoms with Gasteiger partial charge in [0.05, 0.1) is 25.2 Å².